The number of anilines is 1. The van der Waals surface area contributed by atoms with E-state index in [1.54, 1.807) is 49.6 Å². The minimum absolute atomic E-state index is 0.0430. The molecule has 2 rings (SSSR count). The largest absolute Gasteiger partial charge is 0.493 e. The maximum absolute atomic E-state index is 12.4. The van der Waals surface area contributed by atoms with Crippen LogP contribution < -0.4 is 14.8 Å². The standard InChI is InChI=1S/C22H23ClN2O3/c1-3-4-7-12-28-20-11-10-16(14-21(20)27-2)13-17(15-24)22(26)25-19-9-6-5-8-18(19)23/h5-6,8-11,13-14H,3-4,7,12H2,1-2H3,(H,25,26). The van der Waals surface area contributed by atoms with Gasteiger partial charge in [0.25, 0.3) is 5.91 Å². The van der Waals surface area contributed by atoms with Gasteiger partial charge in [0.05, 0.1) is 24.4 Å². The number of hydrogen-bond acceptors (Lipinski definition) is 4. The van der Waals surface area contributed by atoms with Crippen LogP contribution in [0.2, 0.25) is 5.02 Å². The molecule has 0 bridgehead atoms. The smallest absolute Gasteiger partial charge is 0.266 e. The normalized spacial score (nSPS) is 10.9. The molecule has 1 amide bonds. The first-order valence-electron chi connectivity index (χ1n) is 9.07. The number of amides is 1. The molecule has 0 heterocycles. The summed E-state index contributed by atoms with van der Waals surface area (Å²) in [5.41, 5.74) is 1.06. The lowest BCUT2D eigenvalue weighted by molar-refractivity contribution is -0.112. The average molecular weight is 399 g/mol. The number of methoxy groups -OCH3 is 1. The second-order valence-corrected chi connectivity index (χ2v) is 6.48. The molecular formula is C22H23ClN2O3. The summed E-state index contributed by atoms with van der Waals surface area (Å²) in [6, 6.07) is 14.1. The quantitative estimate of drug-likeness (QED) is 0.345. The first kappa shape index (κ1) is 21.3. The van der Waals surface area contributed by atoms with Gasteiger partial charge in [0.1, 0.15) is 11.6 Å². The number of halogens is 1. The predicted molar refractivity (Wildman–Crippen MR) is 112 cm³/mol. The lowest BCUT2D eigenvalue weighted by Crippen LogP contribution is -2.13. The molecule has 0 saturated carbocycles. The number of para-hydroxylation sites is 1. The van der Waals surface area contributed by atoms with Gasteiger partial charge >= 0.3 is 0 Å². The van der Waals surface area contributed by atoms with E-state index in [4.69, 9.17) is 21.1 Å². The van der Waals surface area contributed by atoms with Crippen molar-refractivity contribution in [2.45, 2.75) is 26.2 Å². The SMILES string of the molecule is CCCCCOc1ccc(C=C(C#N)C(=O)Nc2ccccc2Cl)cc1OC. The van der Waals surface area contributed by atoms with E-state index in [1.165, 1.54) is 6.08 Å². The minimum Gasteiger partial charge on any atom is -0.493 e. The highest BCUT2D eigenvalue weighted by atomic mass is 35.5. The number of carbonyl (C=O) groups excluding carboxylic acids is 1. The summed E-state index contributed by atoms with van der Waals surface area (Å²) in [5, 5.41) is 12.4. The predicted octanol–water partition coefficient (Wildman–Crippen LogP) is 5.46. The number of benzene rings is 2. The number of nitrogens with zero attached hydrogens (tertiary/aromatic N) is 1. The molecule has 5 nitrogen and oxygen atoms in total. The summed E-state index contributed by atoms with van der Waals surface area (Å²) in [6.07, 6.45) is 4.70. The molecule has 2 aromatic carbocycles. The van der Waals surface area contributed by atoms with Crippen molar-refractivity contribution in [3.63, 3.8) is 0 Å². The van der Waals surface area contributed by atoms with Crippen molar-refractivity contribution in [3.05, 3.63) is 58.6 Å². The van der Waals surface area contributed by atoms with Crippen LogP contribution in [-0.4, -0.2) is 19.6 Å². The van der Waals surface area contributed by atoms with Gasteiger partial charge in [0, 0.05) is 0 Å². The summed E-state index contributed by atoms with van der Waals surface area (Å²) < 4.78 is 11.1. The molecule has 1 N–H and O–H groups in total. The van der Waals surface area contributed by atoms with Crippen LogP contribution in [0.25, 0.3) is 6.08 Å². The molecule has 146 valence electrons. The highest BCUT2D eigenvalue weighted by Crippen LogP contribution is 2.29. The molecule has 0 saturated heterocycles. The van der Waals surface area contributed by atoms with Crippen LogP contribution in [0.1, 0.15) is 31.7 Å². The van der Waals surface area contributed by atoms with E-state index in [-0.39, 0.29) is 5.57 Å². The maximum Gasteiger partial charge on any atom is 0.266 e. The summed E-state index contributed by atoms with van der Waals surface area (Å²) in [7, 11) is 1.55. The average Bonchev–Trinajstić information content (AvgIpc) is 2.71. The number of nitrogens with one attached hydrogen (secondary N) is 1. The molecule has 0 fully saturated rings. The molecule has 0 atom stereocenters. The summed E-state index contributed by atoms with van der Waals surface area (Å²) in [4.78, 5) is 12.4. The third kappa shape index (κ3) is 6.04. The first-order chi connectivity index (χ1) is 13.6. The van der Waals surface area contributed by atoms with Gasteiger partial charge in [0.15, 0.2) is 11.5 Å². The lowest BCUT2D eigenvalue weighted by Gasteiger charge is -2.11. The zero-order chi connectivity index (χ0) is 20.4. The molecule has 0 aromatic heterocycles. The highest BCUT2D eigenvalue weighted by Gasteiger charge is 2.12. The molecule has 0 radical (unpaired) electrons. The summed E-state index contributed by atoms with van der Waals surface area (Å²) >= 11 is 6.05. The Hall–Kier alpha value is -2.97. The van der Waals surface area contributed by atoms with Gasteiger partial charge < -0.3 is 14.8 Å². The Morgan fingerprint density at radius 3 is 2.68 bits per heavy atom. The van der Waals surface area contributed by atoms with Gasteiger partial charge in [-0.25, -0.2) is 0 Å². The zero-order valence-electron chi connectivity index (χ0n) is 16.0. The molecule has 6 heteroatoms. The molecule has 2 aromatic rings. The van der Waals surface area contributed by atoms with Crippen molar-refractivity contribution in [3.8, 4) is 17.6 Å². The van der Waals surface area contributed by atoms with Gasteiger partial charge in [-0.2, -0.15) is 5.26 Å². The number of nitriles is 1. The van der Waals surface area contributed by atoms with E-state index in [1.807, 2.05) is 6.07 Å². The van der Waals surface area contributed by atoms with Gasteiger partial charge in [-0.15, -0.1) is 0 Å². The van der Waals surface area contributed by atoms with Crippen molar-refractivity contribution in [1.29, 1.82) is 5.26 Å². The van der Waals surface area contributed by atoms with E-state index in [0.717, 1.165) is 19.3 Å². The Morgan fingerprint density at radius 2 is 2.00 bits per heavy atom. The van der Waals surface area contributed by atoms with Crippen molar-refractivity contribution in [2.75, 3.05) is 19.0 Å². The number of hydrogen-bond donors (Lipinski definition) is 1. The molecule has 28 heavy (non-hydrogen) atoms. The zero-order valence-corrected chi connectivity index (χ0v) is 16.8. The van der Waals surface area contributed by atoms with E-state index < -0.39 is 5.91 Å². The monoisotopic (exact) mass is 398 g/mol. The lowest BCUT2D eigenvalue weighted by atomic mass is 10.1. The van der Waals surface area contributed by atoms with E-state index >= 15 is 0 Å². The second-order valence-electron chi connectivity index (χ2n) is 6.07. The van der Waals surface area contributed by atoms with Crippen LogP contribution in [-0.2, 0) is 4.79 Å². The van der Waals surface area contributed by atoms with Crippen LogP contribution in [0.15, 0.2) is 48.0 Å². The fourth-order valence-electron chi connectivity index (χ4n) is 2.49. The van der Waals surface area contributed by atoms with Crippen LogP contribution in [0.5, 0.6) is 11.5 Å². The molecular weight excluding hydrogens is 376 g/mol. The number of carbonyl (C=O) groups is 1. The Labute approximate surface area is 170 Å². The number of unbranched alkanes of at least 4 members (excludes halogenated alkanes) is 2. The van der Waals surface area contributed by atoms with Gasteiger partial charge in [-0.05, 0) is 42.3 Å². The second kappa shape index (κ2) is 11.0. The van der Waals surface area contributed by atoms with Crippen LogP contribution in [0.4, 0.5) is 5.69 Å². The van der Waals surface area contributed by atoms with E-state index in [0.29, 0.717) is 34.4 Å². The summed E-state index contributed by atoms with van der Waals surface area (Å²) in [6.45, 7) is 2.75. The van der Waals surface area contributed by atoms with Crippen molar-refractivity contribution < 1.29 is 14.3 Å². The number of ether oxygens (including phenoxy) is 2. The maximum atomic E-state index is 12.4. The first-order valence-corrected chi connectivity index (χ1v) is 9.45. The van der Waals surface area contributed by atoms with Crippen LogP contribution in [0.3, 0.4) is 0 Å². The molecule has 0 aliphatic rings. The third-order valence-corrected chi connectivity index (χ3v) is 4.32. The van der Waals surface area contributed by atoms with Crippen molar-refractivity contribution >= 4 is 29.3 Å². The Kier molecular flexibility index (Phi) is 8.38. The Bertz CT molecular complexity index is 888. The fraction of sp³-hybridized carbons (Fsp3) is 0.273. The van der Waals surface area contributed by atoms with Gasteiger partial charge in [-0.1, -0.05) is 49.6 Å². The van der Waals surface area contributed by atoms with Crippen LogP contribution in [0, 0.1) is 11.3 Å². The van der Waals surface area contributed by atoms with Crippen LogP contribution >= 0.6 is 11.6 Å². The molecule has 0 aliphatic heterocycles. The Balaban J connectivity index is 2.15. The van der Waals surface area contributed by atoms with Gasteiger partial charge in [0.2, 0.25) is 0 Å². The van der Waals surface area contributed by atoms with Crippen molar-refractivity contribution in [1.82, 2.24) is 0 Å². The van der Waals surface area contributed by atoms with E-state index in [2.05, 4.69) is 12.2 Å². The van der Waals surface area contributed by atoms with E-state index in [9.17, 15) is 10.1 Å². The minimum atomic E-state index is -0.533. The molecule has 0 aliphatic carbocycles. The summed E-state index contributed by atoms with van der Waals surface area (Å²) in [5.74, 6) is 0.651. The highest BCUT2D eigenvalue weighted by molar-refractivity contribution is 6.34. The molecule has 0 unspecified atom stereocenters. The third-order valence-electron chi connectivity index (χ3n) is 3.99. The number of rotatable bonds is 9. The van der Waals surface area contributed by atoms with Gasteiger partial charge in [-0.3, -0.25) is 4.79 Å². The topological polar surface area (TPSA) is 71.3 Å². The van der Waals surface area contributed by atoms with Crippen molar-refractivity contribution in [2.24, 2.45) is 0 Å². The Morgan fingerprint density at radius 1 is 1.21 bits per heavy atom. The molecule has 0 spiro atoms. The fourth-order valence-corrected chi connectivity index (χ4v) is 2.68.